The topological polar surface area (TPSA) is 51.2 Å². The number of methoxy groups -OCH3 is 1. The lowest BCUT2D eigenvalue weighted by Gasteiger charge is -2.41. The highest BCUT2D eigenvalue weighted by molar-refractivity contribution is 6.33. The molecular weight excluding hydrogens is 342 g/mol. The van der Waals surface area contributed by atoms with Crippen molar-refractivity contribution >= 4 is 11.6 Å². The van der Waals surface area contributed by atoms with E-state index in [1.165, 1.54) is 16.7 Å². The van der Waals surface area contributed by atoms with Gasteiger partial charge >= 0.3 is 0 Å². The monoisotopic (exact) mass is 359 g/mol. The molecule has 3 aliphatic heterocycles. The van der Waals surface area contributed by atoms with E-state index >= 15 is 0 Å². The first-order valence-corrected chi connectivity index (χ1v) is 8.77. The van der Waals surface area contributed by atoms with Gasteiger partial charge in [0.05, 0.1) is 12.1 Å². The standard InChI is InChI=1S/C19H18ClNO4/c1-23-16-5-10-2-3-21-8-13-11(4-14(21)12(10)7-15(16)22)6-17-19(18(13)20)25-9-24-17/h5-7,14,22H,2-4,8-9H2,1H3/t14-/m0/s1. The second-order valence-corrected chi connectivity index (χ2v) is 7.10. The molecule has 5 rings (SSSR count). The van der Waals surface area contributed by atoms with Crippen molar-refractivity contribution < 1.29 is 19.3 Å². The largest absolute Gasteiger partial charge is 0.504 e. The summed E-state index contributed by atoms with van der Waals surface area (Å²) in [6, 6.07) is 6.09. The first kappa shape index (κ1) is 15.2. The van der Waals surface area contributed by atoms with E-state index in [0.29, 0.717) is 16.5 Å². The van der Waals surface area contributed by atoms with Crippen LogP contribution in [0.1, 0.15) is 28.3 Å². The van der Waals surface area contributed by atoms with Crippen LogP contribution in [-0.4, -0.2) is 30.5 Å². The SMILES string of the molecule is COc1cc2c(cc1O)[C@@H]1Cc3cc4c(c(Cl)c3CN1CC2)OCO4. The van der Waals surface area contributed by atoms with Gasteiger partial charge in [-0.25, -0.2) is 0 Å². The predicted molar refractivity (Wildman–Crippen MR) is 92.8 cm³/mol. The number of ether oxygens (including phenoxy) is 3. The van der Waals surface area contributed by atoms with E-state index in [2.05, 4.69) is 11.0 Å². The van der Waals surface area contributed by atoms with E-state index in [-0.39, 0.29) is 18.6 Å². The number of phenols is 1. The van der Waals surface area contributed by atoms with Crippen molar-refractivity contribution in [2.45, 2.75) is 25.4 Å². The molecule has 0 unspecified atom stereocenters. The first-order chi connectivity index (χ1) is 12.2. The molecule has 0 spiro atoms. The number of hydrogen-bond donors (Lipinski definition) is 1. The minimum absolute atomic E-state index is 0.192. The summed E-state index contributed by atoms with van der Waals surface area (Å²) in [4.78, 5) is 2.42. The lowest BCUT2D eigenvalue weighted by molar-refractivity contribution is 0.160. The third kappa shape index (κ3) is 2.19. The van der Waals surface area contributed by atoms with Crippen molar-refractivity contribution in [3.8, 4) is 23.0 Å². The molecule has 3 aliphatic rings. The van der Waals surface area contributed by atoms with E-state index in [1.54, 1.807) is 7.11 Å². The Bertz CT molecular complexity index is 882. The Morgan fingerprint density at radius 1 is 1.24 bits per heavy atom. The molecule has 1 N–H and O–H groups in total. The number of hydrogen-bond acceptors (Lipinski definition) is 5. The summed E-state index contributed by atoms with van der Waals surface area (Å²) in [5.74, 6) is 2.12. The molecule has 0 radical (unpaired) electrons. The molecule has 3 heterocycles. The molecule has 0 saturated heterocycles. The van der Waals surface area contributed by atoms with Crippen molar-refractivity contribution in [3.63, 3.8) is 0 Å². The summed E-state index contributed by atoms with van der Waals surface area (Å²) in [6.45, 7) is 1.96. The Morgan fingerprint density at radius 3 is 2.96 bits per heavy atom. The van der Waals surface area contributed by atoms with Gasteiger partial charge in [-0.15, -0.1) is 0 Å². The second kappa shape index (κ2) is 5.44. The van der Waals surface area contributed by atoms with Crippen molar-refractivity contribution in [2.75, 3.05) is 20.4 Å². The summed E-state index contributed by atoms with van der Waals surface area (Å²) < 4.78 is 16.3. The molecule has 0 aromatic heterocycles. The number of fused-ring (bicyclic) bond motifs is 5. The van der Waals surface area contributed by atoms with E-state index in [4.69, 9.17) is 25.8 Å². The maximum absolute atomic E-state index is 10.2. The fourth-order valence-electron chi connectivity index (χ4n) is 4.22. The molecule has 130 valence electrons. The molecule has 1 atom stereocenters. The number of aromatic hydroxyl groups is 1. The van der Waals surface area contributed by atoms with Crippen LogP contribution in [0, 0.1) is 0 Å². The van der Waals surface area contributed by atoms with Crippen LogP contribution in [0.25, 0.3) is 0 Å². The molecule has 0 fully saturated rings. The average molecular weight is 360 g/mol. The van der Waals surface area contributed by atoms with Crippen LogP contribution in [0.2, 0.25) is 5.02 Å². The maximum atomic E-state index is 10.2. The minimum atomic E-state index is 0.192. The number of benzene rings is 2. The third-order valence-corrected chi connectivity index (χ3v) is 5.88. The molecule has 0 saturated carbocycles. The fourth-order valence-corrected chi connectivity index (χ4v) is 4.55. The number of nitrogens with zero attached hydrogens (tertiary/aromatic N) is 1. The highest BCUT2D eigenvalue weighted by Crippen LogP contribution is 2.48. The average Bonchev–Trinajstić information content (AvgIpc) is 3.09. The van der Waals surface area contributed by atoms with Gasteiger partial charge in [0.2, 0.25) is 6.79 Å². The Labute approximate surface area is 150 Å². The smallest absolute Gasteiger partial charge is 0.231 e. The van der Waals surface area contributed by atoms with Gasteiger partial charge in [0.15, 0.2) is 23.0 Å². The van der Waals surface area contributed by atoms with E-state index in [0.717, 1.165) is 37.2 Å². The third-order valence-electron chi connectivity index (χ3n) is 5.48. The lowest BCUT2D eigenvalue weighted by Crippen LogP contribution is -2.39. The van der Waals surface area contributed by atoms with Gasteiger partial charge in [-0.05, 0) is 53.3 Å². The molecular formula is C19H18ClNO4. The normalized spacial score (nSPS) is 20.6. The molecule has 2 aromatic rings. The van der Waals surface area contributed by atoms with Gasteiger partial charge in [0.1, 0.15) is 0 Å². The van der Waals surface area contributed by atoms with Crippen LogP contribution in [-0.2, 0) is 19.4 Å². The highest BCUT2D eigenvalue weighted by atomic mass is 35.5. The molecule has 0 aliphatic carbocycles. The van der Waals surface area contributed by atoms with Gasteiger partial charge in [0, 0.05) is 19.1 Å². The van der Waals surface area contributed by atoms with Gasteiger partial charge in [0.25, 0.3) is 0 Å². The van der Waals surface area contributed by atoms with Gasteiger partial charge in [-0.3, -0.25) is 4.90 Å². The number of halogens is 1. The Morgan fingerprint density at radius 2 is 2.12 bits per heavy atom. The number of phenolic OH excluding ortho intramolecular Hbond substituents is 1. The lowest BCUT2D eigenvalue weighted by atomic mass is 9.83. The van der Waals surface area contributed by atoms with Gasteiger partial charge in [-0.1, -0.05) is 11.6 Å². The van der Waals surface area contributed by atoms with Crippen molar-refractivity contribution in [3.05, 3.63) is 45.5 Å². The quantitative estimate of drug-likeness (QED) is 0.845. The van der Waals surface area contributed by atoms with Crippen molar-refractivity contribution in [1.82, 2.24) is 4.90 Å². The molecule has 2 aromatic carbocycles. The zero-order valence-electron chi connectivity index (χ0n) is 13.8. The zero-order valence-corrected chi connectivity index (χ0v) is 14.6. The van der Waals surface area contributed by atoms with Crippen LogP contribution in [0.4, 0.5) is 0 Å². The summed E-state index contributed by atoms with van der Waals surface area (Å²) in [5.41, 5.74) is 4.73. The van der Waals surface area contributed by atoms with E-state index < -0.39 is 0 Å². The Hall–Kier alpha value is -2.11. The summed E-state index contributed by atoms with van der Waals surface area (Å²) >= 11 is 6.58. The summed E-state index contributed by atoms with van der Waals surface area (Å²) in [5, 5.41) is 10.9. The fraction of sp³-hybridized carbons (Fsp3) is 0.368. The van der Waals surface area contributed by atoms with Crippen LogP contribution in [0.15, 0.2) is 18.2 Å². The summed E-state index contributed by atoms with van der Waals surface area (Å²) in [6.07, 6.45) is 1.77. The maximum Gasteiger partial charge on any atom is 0.231 e. The Kier molecular flexibility index (Phi) is 3.30. The van der Waals surface area contributed by atoms with Crippen molar-refractivity contribution in [1.29, 1.82) is 0 Å². The molecule has 0 bridgehead atoms. The predicted octanol–water partition coefficient (Wildman–Crippen LogP) is 3.44. The molecule has 25 heavy (non-hydrogen) atoms. The van der Waals surface area contributed by atoms with Crippen LogP contribution in [0.3, 0.4) is 0 Å². The first-order valence-electron chi connectivity index (χ1n) is 8.39. The minimum Gasteiger partial charge on any atom is -0.504 e. The van der Waals surface area contributed by atoms with Crippen molar-refractivity contribution in [2.24, 2.45) is 0 Å². The van der Waals surface area contributed by atoms with Crippen LogP contribution in [0.5, 0.6) is 23.0 Å². The second-order valence-electron chi connectivity index (χ2n) is 6.73. The van der Waals surface area contributed by atoms with E-state index in [9.17, 15) is 5.11 Å². The highest BCUT2D eigenvalue weighted by Gasteiger charge is 2.36. The molecule has 6 heteroatoms. The zero-order chi connectivity index (χ0) is 17.1. The number of rotatable bonds is 1. The van der Waals surface area contributed by atoms with Crippen LogP contribution < -0.4 is 14.2 Å². The van der Waals surface area contributed by atoms with Crippen LogP contribution >= 0.6 is 11.6 Å². The molecule has 0 amide bonds. The van der Waals surface area contributed by atoms with Gasteiger partial charge in [-0.2, -0.15) is 0 Å². The molecule has 5 nitrogen and oxygen atoms in total. The summed E-state index contributed by atoms with van der Waals surface area (Å²) in [7, 11) is 1.58. The van der Waals surface area contributed by atoms with Gasteiger partial charge < -0.3 is 19.3 Å². The Balaban J connectivity index is 1.59. The van der Waals surface area contributed by atoms with E-state index in [1.807, 2.05) is 12.1 Å².